The quantitative estimate of drug-likeness (QED) is 0.818. The molecule has 0 spiro atoms. The fourth-order valence-electron chi connectivity index (χ4n) is 2.11. The first-order valence-electron chi connectivity index (χ1n) is 6.43. The van der Waals surface area contributed by atoms with E-state index in [2.05, 4.69) is 4.98 Å². The molecule has 1 aromatic heterocycles. The zero-order chi connectivity index (χ0) is 14.4. The highest BCUT2D eigenvalue weighted by molar-refractivity contribution is 5.69. The van der Waals surface area contributed by atoms with E-state index in [4.69, 9.17) is 9.84 Å². The zero-order valence-corrected chi connectivity index (χ0v) is 12.1. The Morgan fingerprint density at radius 3 is 2.63 bits per heavy atom. The molecule has 106 valence electrons. The number of hydrogen-bond acceptors (Lipinski definition) is 4. The summed E-state index contributed by atoms with van der Waals surface area (Å²) in [6.07, 6.45) is 0.926. The van der Waals surface area contributed by atoms with Crippen molar-refractivity contribution in [2.75, 3.05) is 20.2 Å². The van der Waals surface area contributed by atoms with Crippen molar-refractivity contribution in [2.24, 2.45) is 0 Å². The predicted molar refractivity (Wildman–Crippen MR) is 73.5 cm³/mol. The van der Waals surface area contributed by atoms with Crippen LogP contribution in [0.3, 0.4) is 0 Å². The fourth-order valence-corrected chi connectivity index (χ4v) is 2.11. The maximum atomic E-state index is 10.9. The summed E-state index contributed by atoms with van der Waals surface area (Å²) < 4.78 is 5.13. The van der Waals surface area contributed by atoms with Crippen LogP contribution in [0.25, 0.3) is 0 Å². The van der Waals surface area contributed by atoms with E-state index >= 15 is 0 Å². The van der Waals surface area contributed by atoms with Crippen LogP contribution in [-0.2, 0) is 11.3 Å². The van der Waals surface area contributed by atoms with Crippen molar-refractivity contribution in [1.29, 1.82) is 0 Å². The number of aromatic nitrogens is 1. The molecule has 1 rings (SSSR count). The van der Waals surface area contributed by atoms with Gasteiger partial charge in [-0.05, 0) is 37.9 Å². The van der Waals surface area contributed by atoms with Crippen molar-refractivity contribution in [2.45, 2.75) is 33.7 Å². The number of carboxylic acids is 1. The van der Waals surface area contributed by atoms with Crippen molar-refractivity contribution < 1.29 is 14.6 Å². The highest BCUT2D eigenvalue weighted by Gasteiger charge is 2.14. The van der Waals surface area contributed by atoms with Gasteiger partial charge in [0.15, 0.2) is 0 Å². The molecule has 5 nitrogen and oxygen atoms in total. The van der Waals surface area contributed by atoms with E-state index in [1.807, 2.05) is 31.7 Å². The van der Waals surface area contributed by atoms with Gasteiger partial charge in [0.05, 0.1) is 13.7 Å². The van der Waals surface area contributed by atoms with Gasteiger partial charge in [0.2, 0.25) is 5.88 Å². The van der Waals surface area contributed by atoms with Gasteiger partial charge in [-0.3, -0.25) is 9.69 Å². The van der Waals surface area contributed by atoms with Gasteiger partial charge in [-0.15, -0.1) is 0 Å². The molecule has 0 saturated heterocycles. The number of nitrogens with zero attached hydrogens (tertiary/aromatic N) is 2. The van der Waals surface area contributed by atoms with Crippen LogP contribution in [0.4, 0.5) is 0 Å². The number of methoxy groups -OCH3 is 1. The molecule has 0 aliphatic rings. The Bertz CT molecular complexity index is 423. The Balaban J connectivity index is 2.92. The van der Waals surface area contributed by atoms with Crippen LogP contribution in [-0.4, -0.2) is 41.2 Å². The Labute approximate surface area is 114 Å². The molecular weight excluding hydrogens is 244 g/mol. The number of aliphatic carboxylic acids is 1. The van der Waals surface area contributed by atoms with Crippen LogP contribution in [0.5, 0.6) is 5.88 Å². The largest absolute Gasteiger partial charge is 0.481 e. The smallest absolute Gasteiger partial charge is 0.317 e. The second kappa shape index (κ2) is 7.09. The normalized spacial score (nSPS) is 10.8. The van der Waals surface area contributed by atoms with E-state index in [0.29, 0.717) is 12.4 Å². The van der Waals surface area contributed by atoms with Crippen molar-refractivity contribution >= 4 is 5.97 Å². The van der Waals surface area contributed by atoms with Crippen LogP contribution in [0.15, 0.2) is 6.07 Å². The number of pyridine rings is 1. The molecule has 0 radical (unpaired) electrons. The number of aryl methyl sites for hydroxylation is 2. The topological polar surface area (TPSA) is 62.7 Å². The lowest BCUT2D eigenvalue weighted by atomic mass is 10.1. The average molecular weight is 266 g/mol. The van der Waals surface area contributed by atoms with E-state index in [1.165, 1.54) is 0 Å². The minimum Gasteiger partial charge on any atom is -0.481 e. The van der Waals surface area contributed by atoms with E-state index in [0.717, 1.165) is 29.8 Å². The first-order chi connectivity index (χ1) is 8.97. The van der Waals surface area contributed by atoms with Gasteiger partial charge in [-0.25, -0.2) is 4.98 Å². The molecule has 0 aliphatic heterocycles. The summed E-state index contributed by atoms with van der Waals surface area (Å²) in [5, 5.41) is 8.93. The van der Waals surface area contributed by atoms with Gasteiger partial charge in [0.1, 0.15) is 0 Å². The Morgan fingerprint density at radius 2 is 2.16 bits per heavy atom. The molecule has 0 unspecified atom stereocenters. The van der Waals surface area contributed by atoms with Crippen LogP contribution in [0.2, 0.25) is 0 Å². The lowest BCUT2D eigenvalue weighted by Crippen LogP contribution is -2.30. The zero-order valence-electron chi connectivity index (χ0n) is 12.1. The molecule has 0 aromatic carbocycles. The fraction of sp³-hybridized carbons (Fsp3) is 0.571. The summed E-state index contributed by atoms with van der Waals surface area (Å²) in [7, 11) is 1.59. The first-order valence-corrected chi connectivity index (χ1v) is 6.43. The van der Waals surface area contributed by atoms with Crippen LogP contribution < -0.4 is 4.74 Å². The molecule has 1 heterocycles. The van der Waals surface area contributed by atoms with Gasteiger partial charge in [-0.2, -0.15) is 0 Å². The Morgan fingerprint density at radius 1 is 1.47 bits per heavy atom. The van der Waals surface area contributed by atoms with Gasteiger partial charge < -0.3 is 9.84 Å². The van der Waals surface area contributed by atoms with E-state index in [-0.39, 0.29) is 6.54 Å². The summed E-state index contributed by atoms with van der Waals surface area (Å²) in [6, 6.07) is 1.88. The number of ether oxygens (including phenoxy) is 1. The summed E-state index contributed by atoms with van der Waals surface area (Å²) in [5.41, 5.74) is 3.05. The third-order valence-corrected chi connectivity index (χ3v) is 3.02. The molecule has 0 amide bonds. The van der Waals surface area contributed by atoms with Crippen molar-refractivity contribution in [3.8, 4) is 5.88 Å². The van der Waals surface area contributed by atoms with Crippen molar-refractivity contribution in [1.82, 2.24) is 9.88 Å². The second-order valence-corrected chi connectivity index (χ2v) is 4.65. The second-order valence-electron chi connectivity index (χ2n) is 4.65. The average Bonchev–Trinajstić information content (AvgIpc) is 2.32. The molecule has 0 saturated carbocycles. The lowest BCUT2D eigenvalue weighted by Gasteiger charge is -2.21. The molecule has 5 heteroatoms. The molecule has 0 fully saturated rings. The molecule has 0 bridgehead atoms. The summed E-state index contributed by atoms with van der Waals surface area (Å²) >= 11 is 0. The third-order valence-electron chi connectivity index (χ3n) is 3.02. The number of rotatable bonds is 7. The summed E-state index contributed by atoms with van der Waals surface area (Å²) in [4.78, 5) is 17.1. The van der Waals surface area contributed by atoms with E-state index in [1.54, 1.807) is 7.11 Å². The van der Waals surface area contributed by atoms with Gasteiger partial charge in [-0.1, -0.05) is 6.92 Å². The SMILES string of the molecule is CCCN(CC(=O)O)Cc1c(C)cc(OC)nc1C. The number of carbonyl (C=O) groups is 1. The highest BCUT2D eigenvalue weighted by Crippen LogP contribution is 2.19. The minimum absolute atomic E-state index is 0.0543. The molecule has 1 N–H and O–H groups in total. The van der Waals surface area contributed by atoms with E-state index < -0.39 is 5.97 Å². The lowest BCUT2D eigenvalue weighted by molar-refractivity contribution is -0.138. The molecule has 0 atom stereocenters. The molecule has 19 heavy (non-hydrogen) atoms. The van der Waals surface area contributed by atoms with Gasteiger partial charge >= 0.3 is 5.97 Å². The van der Waals surface area contributed by atoms with Crippen LogP contribution >= 0.6 is 0 Å². The van der Waals surface area contributed by atoms with Crippen molar-refractivity contribution in [3.05, 3.63) is 22.9 Å². The first kappa shape index (κ1) is 15.4. The van der Waals surface area contributed by atoms with Crippen molar-refractivity contribution in [3.63, 3.8) is 0 Å². The van der Waals surface area contributed by atoms with Crippen LogP contribution in [0, 0.1) is 13.8 Å². The van der Waals surface area contributed by atoms with E-state index in [9.17, 15) is 4.79 Å². The Kier molecular flexibility index (Phi) is 5.76. The van der Waals surface area contributed by atoms with Gasteiger partial charge in [0.25, 0.3) is 0 Å². The molecular formula is C14H22N2O3. The predicted octanol–water partition coefficient (Wildman–Crippen LogP) is 2.00. The van der Waals surface area contributed by atoms with Gasteiger partial charge in [0, 0.05) is 18.3 Å². The minimum atomic E-state index is -0.801. The summed E-state index contributed by atoms with van der Waals surface area (Å²) in [5.74, 6) is -0.204. The van der Waals surface area contributed by atoms with Crippen LogP contribution in [0.1, 0.15) is 30.2 Å². The number of carboxylic acid groups (broad SMARTS) is 1. The Hall–Kier alpha value is -1.62. The monoisotopic (exact) mass is 266 g/mol. The molecule has 1 aromatic rings. The highest BCUT2D eigenvalue weighted by atomic mass is 16.5. The standard InChI is InChI=1S/C14H22N2O3/c1-5-6-16(9-14(17)18)8-12-10(2)7-13(19-4)15-11(12)3/h7H,5-6,8-9H2,1-4H3,(H,17,18). The maximum absolute atomic E-state index is 10.9. The maximum Gasteiger partial charge on any atom is 0.317 e. The number of hydrogen-bond donors (Lipinski definition) is 1. The molecule has 0 aliphatic carbocycles. The summed E-state index contributed by atoms with van der Waals surface area (Å²) in [6.45, 7) is 7.39. The third kappa shape index (κ3) is 4.52.